The van der Waals surface area contributed by atoms with Gasteiger partial charge in [-0.3, -0.25) is 9.48 Å². The lowest BCUT2D eigenvalue weighted by atomic mass is 10.1. The van der Waals surface area contributed by atoms with E-state index < -0.39 is 0 Å². The number of nitrogens with zero attached hydrogens (tertiary/aromatic N) is 3. The second-order valence-corrected chi connectivity index (χ2v) is 6.62. The van der Waals surface area contributed by atoms with E-state index in [4.69, 9.17) is 0 Å². The van der Waals surface area contributed by atoms with Gasteiger partial charge in [-0.05, 0) is 36.7 Å². The van der Waals surface area contributed by atoms with E-state index in [2.05, 4.69) is 22.5 Å². The molecule has 1 aliphatic heterocycles. The zero-order valence-electron chi connectivity index (χ0n) is 14.8. The molecule has 2 heterocycles. The van der Waals surface area contributed by atoms with Crippen molar-refractivity contribution in [3.05, 3.63) is 65.9 Å². The highest BCUT2D eigenvalue weighted by Crippen LogP contribution is 2.16. The number of carbonyl (C=O) groups excluding carboxylic acids is 1. The summed E-state index contributed by atoms with van der Waals surface area (Å²) in [6, 6.07) is 16.3. The summed E-state index contributed by atoms with van der Waals surface area (Å²) in [7, 11) is 1.89. The summed E-state index contributed by atoms with van der Waals surface area (Å²) in [5.41, 5.74) is 3.00. The van der Waals surface area contributed by atoms with Crippen LogP contribution < -0.4 is 5.32 Å². The number of amides is 1. The van der Waals surface area contributed by atoms with Crippen LogP contribution in [0.3, 0.4) is 0 Å². The number of aromatic nitrogens is 2. The maximum Gasteiger partial charge on any atom is 0.253 e. The predicted molar refractivity (Wildman–Crippen MR) is 106 cm³/mol. The molecule has 26 heavy (non-hydrogen) atoms. The molecule has 5 nitrogen and oxygen atoms in total. The number of benzene rings is 2. The molecule has 0 spiro atoms. The first-order chi connectivity index (χ1) is 12.2. The van der Waals surface area contributed by atoms with Crippen LogP contribution in [0.4, 0.5) is 0 Å². The summed E-state index contributed by atoms with van der Waals surface area (Å²) < 4.78 is 1.99. The Morgan fingerprint density at radius 1 is 1.23 bits per heavy atom. The van der Waals surface area contributed by atoms with Gasteiger partial charge < -0.3 is 10.2 Å². The third kappa shape index (κ3) is 3.59. The molecular weight excluding hydrogens is 348 g/mol. The van der Waals surface area contributed by atoms with Gasteiger partial charge in [0.25, 0.3) is 5.91 Å². The van der Waals surface area contributed by atoms with Gasteiger partial charge in [0.05, 0.1) is 18.3 Å². The van der Waals surface area contributed by atoms with Crippen molar-refractivity contribution in [2.75, 3.05) is 20.1 Å². The van der Waals surface area contributed by atoms with Crippen LogP contribution in [-0.4, -0.2) is 46.8 Å². The zero-order valence-corrected chi connectivity index (χ0v) is 15.6. The SMILES string of the molecule is CN(C(=O)c1ccc(Cn2ncc3ccccc32)cc1)C1CCNC1.Cl. The second kappa shape index (κ2) is 7.89. The molecule has 2 aromatic carbocycles. The molecular formula is C20H23ClN4O. The quantitative estimate of drug-likeness (QED) is 0.768. The molecule has 1 aromatic heterocycles. The number of likely N-dealkylation sites (N-methyl/N-ethyl adjacent to an activating group) is 1. The Kier molecular flexibility index (Phi) is 5.59. The molecule has 0 radical (unpaired) electrons. The lowest BCUT2D eigenvalue weighted by molar-refractivity contribution is 0.0744. The molecule has 1 unspecified atom stereocenters. The Labute approximate surface area is 159 Å². The Hall–Kier alpha value is -2.37. The molecule has 1 fully saturated rings. The standard InChI is InChI=1S/C20H22N4O.ClH/c1-23(18-10-11-21-13-18)20(25)16-8-6-15(7-9-16)14-24-19-5-3-2-4-17(19)12-22-24;/h2-9,12,18,21H,10-11,13-14H2,1H3;1H. The first-order valence-corrected chi connectivity index (χ1v) is 8.70. The minimum Gasteiger partial charge on any atom is -0.337 e. The summed E-state index contributed by atoms with van der Waals surface area (Å²) in [6.07, 6.45) is 2.91. The maximum absolute atomic E-state index is 12.6. The van der Waals surface area contributed by atoms with Crippen LogP contribution in [0.1, 0.15) is 22.3 Å². The number of para-hydroxylation sites is 1. The van der Waals surface area contributed by atoms with Gasteiger partial charge in [-0.25, -0.2) is 0 Å². The van der Waals surface area contributed by atoms with Crippen LogP contribution in [0.2, 0.25) is 0 Å². The van der Waals surface area contributed by atoms with Gasteiger partial charge in [-0.1, -0.05) is 30.3 Å². The number of fused-ring (bicyclic) bond motifs is 1. The van der Waals surface area contributed by atoms with E-state index in [1.165, 1.54) is 0 Å². The molecule has 1 atom stereocenters. The molecule has 1 saturated heterocycles. The zero-order chi connectivity index (χ0) is 17.2. The Balaban J connectivity index is 0.00000196. The highest BCUT2D eigenvalue weighted by molar-refractivity contribution is 5.94. The van der Waals surface area contributed by atoms with Crippen LogP contribution in [0, 0.1) is 0 Å². The van der Waals surface area contributed by atoms with Crippen LogP contribution >= 0.6 is 12.4 Å². The van der Waals surface area contributed by atoms with Crippen molar-refractivity contribution in [2.24, 2.45) is 0 Å². The molecule has 136 valence electrons. The van der Waals surface area contributed by atoms with Crippen molar-refractivity contribution in [3.63, 3.8) is 0 Å². The first kappa shape index (κ1) is 18.4. The van der Waals surface area contributed by atoms with Gasteiger partial charge in [0.1, 0.15) is 0 Å². The predicted octanol–water partition coefficient (Wildman–Crippen LogP) is 2.94. The van der Waals surface area contributed by atoms with Gasteiger partial charge in [-0.15, -0.1) is 12.4 Å². The molecule has 0 saturated carbocycles. The monoisotopic (exact) mass is 370 g/mol. The fourth-order valence-electron chi connectivity index (χ4n) is 3.42. The van der Waals surface area contributed by atoms with Crippen molar-refractivity contribution in [1.82, 2.24) is 20.0 Å². The number of hydrogen-bond acceptors (Lipinski definition) is 3. The Bertz CT molecular complexity index is 884. The normalized spacial score (nSPS) is 16.4. The van der Waals surface area contributed by atoms with Gasteiger partial charge in [0, 0.05) is 30.6 Å². The summed E-state index contributed by atoms with van der Waals surface area (Å²) >= 11 is 0. The van der Waals surface area contributed by atoms with Gasteiger partial charge in [-0.2, -0.15) is 5.10 Å². The Morgan fingerprint density at radius 2 is 2.00 bits per heavy atom. The average molecular weight is 371 g/mol. The van der Waals surface area contributed by atoms with E-state index in [1.54, 1.807) is 0 Å². The minimum absolute atomic E-state index is 0. The molecule has 1 N–H and O–H groups in total. The molecule has 4 rings (SSSR count). The van der Waals surface area contributed by atoms with E-state index in [9.17, 15) is 4.79 Å². The molecule has 6 heteroatoms. The van der Waals surface area contributed by atoms with Gasteiger partial charge in [0.2, 0.25) is 0 Å². The van der Waals surface area contributed by atoms with Crippen molar-refractivity contribution in [1.29, 1.82) is 0 Å². The van der Waals surface area contributed by atoms with Crippen LogP contribution in [0.5, 0.6) is 0 Å². The van der Waals surface area contributed by atoms with Crippen LogP contribution in [0.25, 0.3) is 10.9 Å². The van der Waals surface area contributed by atoms with Crippen molar-refractivity contribution in [2.45, 2.75) is 19.0 Å². The Morgan fingerprint density at radius 3 is 2.73 bits per heavy atom. The number of rotatable bonds is 4. The van der Waals surface area contributed by atoms with E-state index in [0.29, 0.717) is 12.6 Å². The van der Waals surface area contributed by atoms with Crippen molar-refractivity contribution in [3.8, 4) is 0 Å². The fraction of sp³-hybridized carbons (Fsp3) is 0.300. The average Bonchev–Trinajstić information content (AvgIpc) is 3.32. The number of halogens is 1. The van der Waals surface area contributed by atoms with E-state index >= 15 is 0 Å². The molecule has 0 aliphatic carbocycles. The van der Waals surface area contributed by atoms with Gasteiger partial charge in [0.15, 0.2) is 0 Å². The summed E-state index contributed by atoms with van der Waals surface area (Å²) in [5.74, 6) is 0.0878. The van der Waals surface area contributed by atoms with Gasteiger partial charge >= 0.3 is 0 Å². The first-order valence-electron chi connectivity index (χ1n) is 8.70. The topological polar surface area (TPSA) is 50.2 Å². The third-order valence-corrected chi connectivity index (χ3v) is 4.99. The van der Waals surface area contributed by atoms with Crippen molar-refractivity contribution < 1.29 is 4.79 Å². The third-order valence-electron chi connectivity index (χ3n) is 4.99. The fourth-order valence-corrected chi connectivity index (χ4v) is 3.42. The lowest BCUT2D eigenvalue weighted by Gasteiger charge is -2.23. The van der Waals surface area contributed by atoms with Crippen molar-refractivity contribution >= 4 is 29.2 Å². The molecule has 1 amide bonds. The molecule has 1 aliphatic rings. The number of carbonyl (C=O) groups is 1. The summed E-state index contributed by atoms with van der Waals surface area (Å²) in [6.45, 7) is 2.57. The number of nitrogens with one attached hydrogen (secondary N) is 1. The summed E-state index contributed by atoms with van der Waals surface area (Å²) in [5, 5.41) is 8.91. The molecule has 0 bridgehead atoms. The highest BCUT2D eigenvalue weighted by Gasteiger charge is 2.23. The van der Waals surface area contributed by atoms with E-state index in [-0.39, 0.29) is 18.3 Å². The summed E-state index contributed by atoms with van der Waals surface area (Å²) in [4.78, 5) is 14.5. The highest BCUT2D eigenvalue weighted by atomic mass is 35.5. The van der Waals surface area contributed by atoms with Crippen LogP contribution in [0.15, 0.2) is 54.7 Å². The maximum atomic E-state index is 12.6. The second-order valence-electron chi connectivity index (χ2n) is 6.62. The number of hydrogen-bond donors (Lipinski definition) is 1. The molecule has 3 aromatic rings. The largest absolute Gasteiger partial charge is 0.337 e. The van der Waals surface area contributed by atoms with Crippen LogP contribution in [-0.2, 0) is 6.54 Å². The van der Waals surface area contributed by atoms with E-state index in [0.717, 1.165) is 41.5 Å². The minimum atomic E-state index is 0. The lowest BCUT2D eigenvalue weighted by Crippen LogP contribution is -2.38. The van der Waals surface area contributed by atoms with E-state index in [1.807, 2.05) is 59.2 Å². The smallest absolute Gasteiger partial charge is 0.253 e.